The van der Waals surface area contributed by atoms with Crippen molar-refractivity contribution >= 4 is 6.03 Å². The summed E-state index contributed by atoms with van der Waals surface area (Å²) in [4.78, 5) is 11.6. The second kappa shape index (κ2) is 8.58. The van der Waals surface area contributed by atoms with Crippen molar-refractivity contribution in [3.05, 3.63) is 24.2 Å². The summed E-state index contributed by atoms with van der Waals surface area (Å²) in [6.07, 6.45) is 5.14. The fourth-order valence-electron chi connectivity index (χ4n) is 1.82. The van der Waals surface area contributed by atoms with Crippen molar-refractivity contribution in [2.45, 2.75) is 51.7 Å². The molecule has 0 saturated heterocycles. The van der Waals surface area contributed by atoms with Gasteiger partial charge in [0.1, 0.15) is 11.9 Å². The lowest BCUT2D eigenvalue weighted by atomic mass is 10.1. The molecule has 5 nitrogen and oxygen atoms in total. The van der Waals surface area contributed by atoms with Gasteiger partial charge in [-0.1, -0.05) is 26.2 Å². The predicted octanol–water partition coefficient (Wildman–Crippen LogP) is 2.58. The number of furan rings is 1. The van der Waals surface area contributed by atoms with E-state index in [1.54, 1.807) is 12.1 Å². The van der Waals surface area contributed by atoms with Crippen molar-refractivity contribution in [2.24, 2.45) is 0 Å². The van der Waals surface area contributed by atoms with Gasteiger partial charge in [0.25, 0.3) is 0 Å². The molecule has 0 saturated carbocycles. The molecule has 1 rings (SSSR count). The van der Waals surface area contributed by atoms with Crippen molar-refractivity contribution in [1.82, 2.24) is 10.6 Å². The van der Waals surface area contributed by atoms with Gasteiger partial charge in [-0.15, -0.1) is 0 Å². The van der Waals surface area contributed by atoms with Crippen LogP contribution in [0.1, 0.15) is 51.4 Å². The van der Waals surface area contributed by atoms with Crippen LogP contribution in [0.3, 0.4) is 0 Å². The molecule has 2 amide bonds. The van der Waals surface area contributed by atoms with E-state index in [1.807, 2.05) is 6.92 Å². The molecule has 0 radical (unpaired) electrons. The van der Waals surface area contributed by atoms with Gasteiger partial charge in [-0.2, -0.15) is 0 Å². The molecule has 2 unspecified atom stereocenters. The number of rotatable bonds is 8. The minimum atomic E-state index is -0.809. The number of urea groups is 1. The highest BCUT2D eigenvalue weighted by Gasteiger charge is 2.12. The maximum atomic E-state index is 11.6. The molecule has 108 valence electrons. The maximum absolute atomic E-state index is 11.6. The van der Waals surface area contributed by atoms with Crippen LogP contribution < -0.4 is 10.6 Å². The topological polar surface area (TPSA) is 74.5 Å². The molecule has 0 fully saturated rings. The smallest absolute Gasteiger partial charge is 0.315 e. The zero-order chi connectivity index (χ0) is 14.1. The third-order valence-corrected chi connectivity index (χ3v) is 2.95. The molecule has 0 spiro atoms. The number of hydrogen-bond donors (Lipinski definition) is 3. The highest BCUT2D eigenvalue weighted by Crippen LogP contribution is 2.11. The van der Waals surface area contributed by atoms with Gasteiger partial charge in [0.15, 0.2) is 0 Å². The van der Waals surface area contributed by atoms with E-state index in [0.29, 0.717) is 5.76 Å². The molecular formula is C14H24N2O3. The molecular weight excluding hydrogens is 244 g/mol. The number of amides is 2. The van der Waals surface area contributed by atoms with E-state index in [1.165, 1.54) is 19.1 Å². The molecule has 0 bridgehead atoms. The number of unbranched alkanes of at least 4 members (excludes halogenated alkanes) is 2. The summed E-state index contributed by atoms with van der Waals surface area (Å²) in [5, 5.41) is 15.2. The molecule has 1 aromatic heterocycles. The second-order valence-electron chi connectivity index (χ2n) is 4.78. The van der Waals surface area contributed by atoms with E-state index in [0.717, 1.165) is 12.8 Å². The van der Waals surface area contributed by atoms with Gasteiger partial charge in [-0.05, 0) is 25.5 Å². The Hall–Kier alpha value is -1.49. The first-order valence-corrected chi connectivity index (χ1v) is 6.89. The molecule has 1 heterocycles. The molecule has 0 aromatic carbocycles. The van der Waals surface area contributed by atoms with Crippen molar-refractivity contribution in [3.8, 4) is 0 Å². The summed E-state index contributed by atoms with van der Waals surface area (Å²) in [5.74, 6) is 0.455. The third kappa shape index (κ3) is 6.29. The van der Waals surface area contributed by atoms with Crippen LogP contribution in [-0.4, -0.2) is 23.7 Å². The summed E-state index contributed by atoms with van der Waals surface area (Å²) in [6.45, 7) is 4.28. The first kappa shape index (κ1) is 15.6. The molecule has 0 aliphatic carbocycles. The minimum absolute atomic E-state index is 0.140. The summed E-state index contributed by atoms with van der Waals surface area (Å²) < 4.78 is 5.05. The van der Waals surface area contributed by atoms with Gasteiger partial charge in [-0.25, -0.2) is 4.79 Å². The number of nitrogens with one attached hydrogen (secondary N) is 2. The van der Waals surface area contributed by atoms with Crippen LogP contribution in [-0.2, 0) is 0 Å². The largest absolute Gasteiger partial charge is 0.467 e. The number of carbonyl (C=O) groups is 1. The van der Waals surface area contributed by atoms with E-state index >= 15 is 0 Å². The summed E-state index contributed by atoms with van der Waals surface area (Å²) in [5.41, 5.74) is 0. The van der Waals surface area contributed by atoms with Crippen LogP contribution in [0.5, 0.6) is 0 Å². The van der Waals surface area contributed by atoms with Gasteiger partial charge < -0.3 is 20.2 Å². The quantitative estimate of drug-likeness (QED) is 0.634. The Morgan fingerprint density at radius 3 is 2.89 bits per heavy atom. The fourth-order valence-corrected chi connectivity index (χ4v) is 1.82. The Labute approximate surface area is 114 Å². The van der Waals surface area contributed by atoms with Crippen LogP contribution in [0.15, 0.2) is 22.8 Å². The second-order valence-corrected chi connectivity index (χ2v) is 4.78. The van der Waals surface area contributed by atoms with Gasteiger partial charge >= 0.3 is 6.03 Å². The molecule has 0 aliphatic heterocycles. The lowest BCUT2D eigenvalue weighted by molar-refractivity contribution is 0.147. The van der Waals surface area contributed by atoms with Crippen molar-refractivity contribution in [2.75, 3.05) is 6.54 Å². The molecule has 3 N–H and O–H groups in total. The van der Waals surface area contributed by atoms with E-state index in [2.05, 4.69) is 17.6 Å². The third-order valence-electron chi connectivity index (χ3n) is 2.95. The van der Waals surface area contributed by atoms with Crippen LogP contribution in [0.4, 0.5) is 4.79 Å². The normalized spacial score (nSPS) is 13.8. The van der Waals surface area contributed by atoms with E-state index < -0.39 is 6.10 Å². The first-order chi connectivity index (χ1) is 9.13. The van der Waals surface area contributed by atoms with Gasteiger partial charge in [0.2, 0.25) is 0 Å². The summed E-state index contributed by atoms with van der Waals surface area (Å²) in [7, 11) is 0. The Morgan fingerprint density at radius 2 is 2.26 bits per heavy atom. The molecule has 2 atom stereocenters. The number of aliphatic hydroxyl groups excluding tert-OH is 1. The Balaban J connectivity index is 2.17. The average Bonchev–Trinajstić information content (AvgIpc) is 2.90. The average molecular weight is 268 g/mol. The SMILES string of the molecule is CCCCCC(C)NC(=O)NCC(O)c1ccco1. The van der Waals surface area contributed by atoms with Crippen molar-refractivity contribution in [3.63, 3.8) is 0 Å². The van der Waals surface area contributed by atoms with Crippen molar-refractivity contribution < 1.29 is 14.3 Å². The van der Waals surface area contributed by atoms with Crippen LogP contribution in [0.2, 0.25) is 0 Å². The van der Waals surface area contributed by atoms with Crippen LogP contribution in [0.25, 0.3) is 0 Å². The Bertz CT molecular complexity index is 352. The summed E-state index contributed by atoms with van der Waals surface area (Å²) in [6, 6.07) is 3.27. The van der Waals surface area contributed by atoms with Crippen LogP contribution in [0, 0.1) is 0 Å². The van der Waals surface area contributed by atoms with Crippen LogP contribution >= 0.6 is 0 Å². The first-order valence-electron chi connectivity index (χ1n) is 6.89. The highest BCUT2D eigenvalue weighted by atomic mass is 16.4. The monoisotopic (exact) mass is 268 g/mol. The predicted molar refractivity (Wildman–Crippen MR) is 73.8 cm³/mol. The van der Waals surface area contributed by atoms with Crippen molar-refractivity contribution in [1.29, 1.82) is 0 Å². The maximum Gasteiger partial charge on any atom is 0.315 e. The molecule has 5 heteroatoms. The molecule has 0 aliphatic rings. The van der Waals surface area contributed by atoms with Gasteiger partial charge in [0.05, 0.1) is 12.8 Å². The lowest BCUT2D eigenvalue weighted by Crippen LogP contribution is -2.42. The highest BCUT2D eigenvalue weighted by molar-refractivity contribution is 5.74. The van der Waals surface area contributed by atoms with E-state index in [4.69, 9.17) is 4.42 Å². The molecule has 1 aromatic rings. The summed E-state index contributed by atoms with van der Waals surface area (Å²) >= 11 is 0. The zero-order valence-electron chi connectivity index (χ0n) is 11.7. The molecule has 19 heavy (non-hydrogen) atoms. The zero-order valence-corrected chi connectivity index (χ0v) is 11.7. The van der Waals surface area contributed by atoms with Gasteiger partial charge in [0, 0.05) is 6.04 Å². The number of hydrogen-bond acceptors (Lipinski definition) is 3. The fraction of sp³-hybridized carbons (Fsp3) is 0.643. The standard InChI is InChI=1S/C14H24N2O3/c1-3-4-5-7-11(2)16-14(18)15-10-12(17)13-8-6-9-19-13/h6,8-9,11-12,17H,3-5,7,10H2,1-2H3,(H2,15,16,18). The number of aliphatic hydroxyl groups is 1. The van der Waals surface area contributed by atoms with E-state index in [-0.39, 0.29) is 18.6 Å². The Morgan fingerprint density at radius 1 is 1.47 bits per heavy atom. The van der Waals surface area contributed by atoms with E-state index in [9.17, 15) is 9.90 Å². The minimum Gasteiger partial charge on any atom is -0.467 e. The number of carbonyl (C=O) groups excluding carboxylic acids is 1. The lowest BCUT2D eigenvalue weighted by Gasteiger charge is -2.15. The van der Waals surface area contributed by atoms with Gasteiger partial charge in [-0.3, -0.25) is 0 Å². The Kier molecular flexibility index (Phi) is 7.03.